The molecule has 1 fully saturated rings. The Hall–Kier alpha value is -1.94. The van der Waals surface area contributed by atoms with Crippen molar-refractivity contribution in [2.24, 2.45) is 0 Å². The van der Waals surface area contributed by atoms with Crippen LogP contribution in [0.5, 0.6) is 0 Å². The van der Waals surface area contributed by atoms with Gasteiger partial charge in [-0.1, -0.05) is 41.4 Å². The molecule has 21 heavy (non-hydrogen) atoms. The summed E-state index contributed by atoms with van der Waals surface area (Å²) in [6, 6.07) is 8.54. The highest BCUT2D eigenvalue weighted by atomic mass is 35.5. The second kappa shape index (κ2) is 5.82. The van der Waals surface area contributed by atoms with E-state index in [-0.39, 0.29) is 11.1 Å². The molecule has 4 nitrogen and oxygen atoms in total. The molecule has 0 aliphatic heterocycles. The Morgan fingerprint density at radius 1 is 1.29 bits per heavy atom. The smallest absolute Gasteiger partial charge is 0.274 e. The molecule has 0 bridgehead atoms. The number of rotatable bonds is 4. The largest absolute Gasteiger partial charge is 0.330 e. The zero-order valence-electron chi connectivity index (χ0n) is 11.8. The Morgan fingerprint density at radius 3 is 2.62 bits per heavy atom. The molecule has 1 heterocycles. The molecule has 3 rings (SSSR count). The molecule has 1 aliphatic carbocycles. The average molecular weight is 302 g/mol. The van der Waals surface area contributed by atoms with Crippen LogP contribution in [-0.2, 0) is 6.54 Å². The summed E-state index contributed by atoms with van der Waals surface area (Å²) < 4.78 is 0. The molecule has 0 saturated heterocycles. The van der Waals surface area contributed by atoms with Gasteiger partial charge in [-0.25, -0.2) is 4.98 Å². The van der Waals surface area contributed by atoms with E-state index in [0.717, 1.165) is 18.4 Å². The van der Waals surface area contributed by atoms with Crippen LogP contribution in [0.25, 0.3) is 0 Å². The highest BCUT2D eigenvalue weighted by Crippen LogP contribution is 2.29. The average Bonchev–Trinajstić information content (AvgIpc) is 3.30. The minimum atomic E-state index is -0.104. The quantitative estimate of drug-likeness (QED) is 0.871. The molecule has 0 atom stereocenters. The van der Waals surface area contributed by atoms with Crippen LogP contribution in [0.2, 0.25) is 5.15 Å². The Kier molecular flexibility index (Phi) is 3.88. The van der Waals surface area contributed by atoms with Gasteiger partial charge in [0.25, 0.3) is 5.91 Å². The Bertz CT molecular complexity index is 653. The van der Waals surface area contributed by atoms with Crippen molar-refractivity contribution < 1.29 is 4.79 Å². The third-order valence-corrected chi connectivity index (χ3v) is 3.73. The van der Waals surface area contributed by atoms with E-state index in [1.807, 2.05) is 4.90 Å². The van der Waals surface area contributed by atoms with E-state index in [2.05, 4.69) is 41.2 Å². The number of benzene rings is 1. The minimum absolute atomic E-state index is 0.104. The summed E-state index contributed by atoms with van der Waals surface area (Å²) in [5, 5.41) is 0.243. The van der Waals surface area contributed by atoms with Crippen molar-refractivity contribution in [2.45, 2.75) is 32.4 Å². The van der Waals surface area contributed by atoms with Crippen molar-refractivity contribution in [3.05, 3.63) is 58.6 Å². The van der Waals surface area contributed by atoms with Crippen LogP contribution in [0, 0.1) is 6.92 Å². The molecule has 1 aliphatic rings. The molecule has 2 aromatic rings. The van der Waals surface area contributed by atoms with Gasteiger partial charge in [-0.05, 0) is 25.3 Å². The van der Waals surface area contributed by atoms with Gasteiger partial charge in [0.1, 0.15) is 10.8 Å². The van der Waals surface area contributed by atoms with Crippen LogP contribution in [0.3, 0.4) is 0 Å². The maximum Gasteiger partial charge on any atom is 0.274 e. The summed E-state index contributed by atoms with van der Waals surface area (Å²) in [5.74, 6) is -0.104. The first-order valence-electron chi connectivity index (χ1n) is 6.97. The predicted octanol–water partition coefficient (Wildman–Crippen LogP) is 3.24. The first-order valence-corrected chi connectivity index (χ1v) is 7.35. The number of hydrogen-bond acceptors (Lipinski definition) is 3. The molecule has 5 heteroatoms. The maximum absolute atomic E-state index is 12.6. The lowest BCUT2D eigenvalue weighted by Gasteiger charge is -2.22. The summed E-state index contributed by atoms with van der Waals surface area (Å²) in [7, 11) is 0. The normalized spacial score (nSPS) is 14.0. The summed E-state index contributed by atoms with van der Waals surface area (Å²) in [6.07, 6.45) is 5.00. The van der Waals surface area contributed by atoms with Crippen LogP contribution < -0.4 is 0 Å². The maximum atomic E-state index is 12.6. The van der Waals surface area contributed by atoms with E-state index in [0.29, 0.717) is 18.3 Å². The van der Waals surface area contributed by atoms with E-state index >= 15 is 0 Å². The molecule has 0 radical (unpaired) electrons. The standard InChI is InChI=1S/C16H16ClN3O/c1-11-2-4-12(5-3-11)10-20(13-6-7-13)16(21)14-8-18-9-15(17)19-14/h2-5,8-9,13H,6-7,10H2,1H3. The molecular formula is C16H16ClN3O. The van der Waals surface area contributed by atoms with Crippen molar-refractivity contribution in [1.29, 1.82) is 0 Å². The van der Waals surface area contributed by atoms with Crippen molar-refractivity contribution in [3.8, 4) is 0 Å². The third kappa shape index (κ3) is 3.39. The van der Waals surface area contributed by atoms with Crippen molar-refractivity contribution in [2.75, 3.05) is 0 Å². The van der Waals surface area contributed by atoms with E-state index in [1.165, 1.54) is 18.0 Å². The van der Waals surface area contributed by atoms with Gasteiger partial charge in [0.05, 0.1) is 12.4 Å². The number of hydrogen-bond donors (Lipinski definition) is 0. The van der Waals surface area contributed by atoms with Crippen LogP contribution in [-0.4, -0.2) is 26.8 Å². The van der Waals surface area contributed by atoms with Gasteiger partial charge >= 0.3 is 0 Å². The number of carbonyl (C=O) groups is 1. The molecule has 1 aromatic heterocycles. The Labute approximate surface area is 128 Å². The fourth-order valence-electron chi connectivity index (χ4n) is 2.24. The summed E-state index contributed by atoms with van der Waals surface area (Å²) in [4.78, 5) is 22.5. The first kappa shape index (κ1) is 14.0. The molecule has 0 N–H and O–H groups in total. The Balaban J connectivity index is 1.81. The van der Waals surface area contributed by atoms with Crippen molar-refractivity contribution in [1.82, 2.24) is 14.9 Å². The highest BCUT2D eigenvalue weighted by molar-refractivity contribution is 6.29. The second-order valence-corrected chi connectivity index (χ2v) is 5.76. The van der Waals surface area contributed by atoms with Gasteiger partial charge in [0, 0.05) is 12.6 Å². The van der Waals surface area contributed by atoms with Crippen LogP contribution in [0.15, 0.2) is 36.7 Å². The second-order valence-electron chi connectivity index (χ2n) is 5.38. The van der Waals surface area contributed by atoms with Crippen LogP contribution in [0.4, 0.5) is 0 Å². The monoisotopic (exact) mass is 301 g/mol. The number of aromatic nitrogens is 2. The molecular weight excluding hydrogens is 286 g/mol. The zero-order chi connectivity index (χ0) is 14.8. The van der Waals surface area contributed by atoms with Gasteiger partial charge in [0.2, 0.25) is 0 Å². The predicted molar refractivity (Wildman–Crippen MR) is 81.1 cm³/mol. The Morgan fingerprint density at radius 2 is 2.00 bits per heavy atom. The number of aryl methyl sites for hydroxylation is 1. The van der Waals surface area contributed by atoms with Crippen LogP contribution in [0.1, 0.15) is 34.5 Å². The van der Waals surface area contributed by atoms with Gasteiger partial charge in [-0.15, -0.1) is 0 Å². The SMILES string of the molecule is Cc1ccc(CN(C(=O)c2cncc(Cl)n2)C2CC2)cc1. The fraction of sp³-hybridized carbons (Fsp3) is 0.312. The minimum Gasteiger partial charge on any atom is -0.330 e. The van der Waals surface area contributed by atoms with Gasteiger partial charge in [0.15, 0.2) is 0 Å². The number of amides is 1. The van der Waals surface area contributed by atoms with Gasteiger partial charge < -0.3 is 4.90 Å². The molecule has 0 unspecified atom stereocenters. The topological polar surface area (TPSA) is 46.1 Å². The molecule has 1 aromatic carbocycles. The summed E-state index contributed by atoms with van der Waals surface area (Å²) in [6.45, 7) is 2.65. The lowest BCUT2D eigenvalue weighted by atomic mass is 10.1. The highest BCUT2D eigenvalue weighted by Gasteiger charge is 2.33. The molecule has 0 spiro atoms. The summed E-state index contributed by atoms with van der Waals surface area (Å²) >= 11 is 5.82. The van der Waals surface area contributed by atoms with Gasteiger partial charge in [-0.2, -0.15) is 0 Å². The van der Waals surface area contributed by atoms with Crippen molar-refractivity contribution in [3.63, 3.8) is 0 Å². The number of nitrogens with zero attached hydrogens (tertiary/aromatic N) is 3. The first-order chi connectivity index (χ1) is 10.1. The lowest BCUT2D eigenvalue weighted by molar-refractivity contribution is 0.0723. The van der Waals surface area contributed by atoms with Gasteiger partial charge in [-0.3, -0.25) is 9.78 Å². The lowest BCUT2D eigenvalue weighted by Crippen LogP contribution is -2.33. The number of halogens is 1. The molecule has 1 amide bonds. The summed E-state index contributed by atoms with van der Waals surface area (Å²) in [5.41, 5.74) is 2.64. The fourth-order valence-corrected chi connectivity index (χ4v) is 2.38. The number of carbonyl (C=O) groups excluding carboxylic acids is 1. The van der Waals surface area contributed by atoms with E-state index in [4.69, 9.17) is 11.6 Å². The van der Waals surface area contributed by atoms with Crippen LogP contribution >= 0.6 is 11.6 Å². The van der Waals surface area contributed by atoms with E-state index < -0.39 is 0 Å². The molecule has 108 valence electrons. The molecule has 1 saturated carbocycles. The van der Waals surface area contributed by atoms with E-state index in [9.17, 15) is 4.79 Å². The van der Waals surface area contributed by atoms with Crippen molar-refractivity contribution >= 4 is 17.5 Å². The zero-order valence-corrected chi connectivity index (χ0v) is 12.5. The van der Waals surface area contributed by atoms with E-state index in [1.54, 1.807) is 0 Å². The third-order valence-electron chi connectivity index (χ3n) is 3.55.